The normalized spacial score (nSPS) is 10.0. The van der Waals surface area contributed by atoms with Crippen molar-refractivity contribution in [2.75, 3.05) is 0 Å². The molecule has 0 fully saturated rings. The van der Waals surface area contributed by atoms with Gasteiger partial charge in [0.15, 0.2) is 0 Å². The first-order valence-corrected chi connectivity index (χ1v) is 6.43. The first-order valence-electron chi connectivity index (χ1n) is 6.43. The van der Waals surface area contributed by atoms with E-state index >= 15 is 0 Å². The predicted octanol–water partition coefficient (Wildman–Crippen LogP) is 1.98. The second-order valence-electron chi connectivity index (χ2n) is 4.60. The van der Waals surface area contributed by atoms with E-state index in [2.05, 4.69) is 4.74 Å². The molecule has 8 nitrogen and oxygen atoms in total. The summed E-state index contributed by atoms with van der Waals surface area (Å²) in [5, 5.41) is 27.3. The first kappa shape index (κ1) is 16.7. The summed E-state index contributed by atoms with van der Waals surface area (Å²) in [4.78, 5) is 43.9. The van der Waals surface area contributed by atoms with Gasteiger partial charge in [0, 0.05) is 0 Å². The molecule has 0 aliphatic carbocycles. The maximum absolute atomic E-state index is 11.2. The Morgan fingerprint density at radius 3 is 1.75 bits per heavy atom. The van der Waals surface area contributed by atoms with Crippen molar-refractivity contribution in [2.45, 2.75) is 0 Å². The third-order valence-electron chi connectivity index (χ3n) is 3.20. The lowest BCUT2D eigenvalue weighted by Gasteiger charge is -2.09. The Morgan fingerprint density at radius 2 is 1.25 bits per heavy atom. The van der Waals surface area contributed by atoms with Crippen LogP contribution in [-0.2, 0) is 4.79 Å². The summed E-state index contributed by atoms with van der Waals surface area (Å²) in [6, 6.07) is 7.48. The zero-order valence-corrected chi connectivity index (χ0v) is 11.9. The van der Waals surface area contributed by atoms with Gasteiger partial charge in [0.25, 0.3) is 6.47 Å². The van der Waals surface area contributed by atoms with E-state index in [1.165, 1.54) is 24.3 Å². The molecule has 122 valence electrons. The molecule has 0 aliphatic heterocycles. The summed E-state index contributed by atoms with van der Waals surface area (Å²) in [7, 11) is 0. The van der Waals surface area contributed by atoms with E-state index < -0.39 is 23.5 Å². The van der Waals surface area contributed by atoms with E-state index in [0.29, 0.717) is 11.1 Å². The van der Waals surface area contributed by atoms with Gasteiger partial charge in [0.1, 0.15) is 11.3 Å². The highest BCUT2D eigenvalue weighted by atomic mass is 16.5. The van der Waals surface area contributed by atoms with Crippen LogP contribution in [0.1, 0.15) is 31.1 Å². The number of carbonyl (C=O) groups is 4. The summed E-state index contributed by atoms with van der Waals surface area (Å²) in [6.45, 7) is 0.0889. The first-order chi connectivity index (χ1) is 11.3. The lowest BCUT2D eigenvalue weighted by Crippen LogP contribution is -2.08. The summed E-state index contributed by atoms with van der Waals surface area (Å²) in [5.41, 5.74) is -0.475. The van der Waals surface area contributed by atoms with Crippen molar-refractivity contribution in [1.82, 2.24) is 0 Å². The SMILES string of the molecule is O=COc1ccc(-c2ccc(C(=O)O)c(C(=O)O)c2)cc1C(=O)O. The number of carbonyl (C=O) groups excluding carboxylic acids is 1. The fourth-order valence-corrected chi connectivity index (χ4v) is 2.12. The van der Waals surface area contributed by atoms with Crippen LogP contribution in [0.2, 0.25) is 0 Å². The number of carboxylic acids is 3. The zero-order chi connectivity index (χ0) is 17.9. The van der Waals surface area contributed by atoms with Gasteiger partial charge in [0.2, 0.25) is 0 Å². The summed E-state index contributed by atoms with van der Waals surface area (Å²) in [5.74, 6) is -4.32. The van der Waals surface area contributed by atoms with Crippen LogP contribution in [0.3, 0.4) is 0 Å². The molecule has 2 aromatic carbocycles. The molecule has 0 saturated carbocycles. The predicted molar refractivity (Wildman–Crippen MR) is 79.4 cm³/mol. The molecule has 0 unspecified atom stereocenters. The molecule has 2 aromatic rings. The third-order valence-corrected chi connectivity index (χ3v) is 3.20. The van der Waals surface area contributed by atoms with Crippen molar-refractivity contribution in [3.05, 3.63) is 53.1 Å². The molecule has 3 N–H and O–H groups in total. The molecule has 2 rings (SSSR count). The van der Waals surface area contributed by atoms with Crippen LogP contribution in [-0.4, -0.2) is 39.7 Å². The molecule has 0 aromatic heterocycles. The molecule has 24 heavy (non-hydrogen) atoms. The van der Waals surface area contributed by atoms with Gasteiger partial charge in [-0.15, -0.1) is 0 Å². The molecular formula is C16H10O8. The minimum atomic E-state index is -1.42. The van der Waals surface area contributed by atoms with Gasteiger partial charge >= 0.3 is 17.9 Å². The second kappa shape index (κ2) is 6.61. The quantitative estimate of drug-likeness (QED) is 0.683. The number of aromatic carboxylic acids is 3. The molecule has 0 amide bonds. The van der Waals surface area contributed by atoms with Crippen molar-refractivity contribution in [3.63, 3.8) is 0 Å². The third kappa shape index (κ3) is 3.22. The van der Waals surface area contributed by atoms with Crippen LogP contribution in [0.15, 0.2) is 36.4 Å². The highest BCUT2D eigenvalue weighted by Gasteiger charge is 2.18. The highest BCUT2D eigenvalue weighted by molar-refractivity contribution is 6.03. The van der Waals surface area contributed by atoms with Gasteiger partial charge in [0.05, 0.1) is 11.1 Å². The van der Waals surface area contributed by atoms with E-state index in [0.717, 1.165) is 12.1 Å². The van der Waals surface area contributed by atoms with Crippen LogP contribution in [0.25, 0.3) is 11.1 Å². The second-order valence-corrected chi connectivity index (χ2v) is 4.60. The summed E-state index contributed by atoms with van der Waals surface area (Å²) in [6.07, 6.45) is 0. The number of ether oxygens (including phenoxy) is 1. The fraction of sp³-hybridized carbons (Fsp3) is 0. The minimum Gasteiger partial charge on any atom is -0.478 e. The molecule has 0 heterocycles. The smallest absolute Gasteiger partial charge is 0.339 e. The van der Waals surface area contributed by atoms with Crippen LogP contribution >= 0.6 is 0 Å². The van der Waals surface area contributed by atoms with E-state index in [1.807, 2.05) is 0 Å². The van der Waals surface area contributed by atoms with Gasteiger partial charge < -0.3 is 20.1 Å². The number of hydrogen-bond acceptors (Lipinski definition) is 5. The van der Waals surface area contributed by atoms with Crippen LogP contribution < -0.4 is 4.74 Å². The molecule has 0 radical (unpaired) electrons. The standard InChI is InChI=1S/C16H10O8/c17-7-24-13-4-2-9(6-12(13)16(22)23)8-1-3-10(14(18)19)11(5-8)15(20)21/h1-7H,(H,18,19)(H,20,21)(H,22,23). The van der Waals surface area contributed by atoms with Crippen molar-refractivity contribution < 1.29 is 39.2 Å². The largest absolute Gasteiger partial charge is 0.478 e. The Kier molecular flexibility index (Phi) is 4.60. The number of hydrogen-bond donors (Lipinski definition) is 3. The van der Waals surface area contributed by atoms with Gasteiger partial charge in [-0.3, -0.25) is 4.79 Å². The number of carboxylic acid groups (broad SMARTS) is 3. The average Bonchev–Trinajstić information content (AvgIpc) is 2.54. The van der Waals surface area contributed by atoms with E-state index in [9.17, 15) is 19.2 Å². The van der Waals surface area contributed by atoms with E-state index in [4.69, 9.17) is 15.3 Å². The maximum atomic E-state index is 11.2. The maximum Gasteiger partial charge on any atom is 0.339 e. The number of rotatable bonds is 6. The molecule has 0 saturated heterocycles. The fourth-order valence-electron chi connectivity index (χ4n) is 2.12. The van der Waals surface area contributed by atoms with E-state index in [-0.39, 0.29) is 23.3 Å². The van der Waals surface area contributed by atoms with Crippen molar-refractivity contribution in [3.8, 4) is 16.9 Å². The minimum absolute atomic E-state index is 0.0889. The summed E-state index contributed by atoms with van der Waals surface area (Å²) < 4.78 is 4.57. The van der Waals surface area contributed by atoms with Crippen molar-refractivity contribution >= 4 is 24.4 Å². The van der Waals surface area contributed by atoms with E-state index in [1.54, 1.807) is 0 Å². The average molecular weight is 330 g/mol. The molecule has 8 heteroatoms. The number of benzene rings is 2. The van der Waals surface area contributed by atoms with Gasteiger partial charge in [-0.05, 0) is 35.4 Å². The Bertz CT molecular complexity index is 853. The Hall–Kier alpha value is -3.68. The van der Waals surface area contributed by atoms with Gasteiger partial charge in [-0.1, -0.05) is 12.1 Å². The van der Waals surface area contributed by atoms with Crippen LogP contribution in [0, 0.1) is 0 Å². The van der Waals surface area contributed by atoms with Gasteiger partial charge in [-0.25, -0.2) is 14.4 Å². The topological polar surface area (TPSA) is 138 Å². The van der Waals surface area contributed by atoms with Crippen molar-refractivity contribution in [2.24, 2.45) is 0 Å². The highest BCUT2D eigenvalue weighted by Crippen LogP contribution is 2.28. The zero-order valence-electron chi connectivity index (χ0n) is 11.9. The molecular weight excluding hydrogens is 320 g/mol. The monoisotopic (exact) mass is 330 g/mol. The Balaban J connectivity index is 2.60. The molecule has 0 spiro atoms. The Morgan fingerprint density at radius 1 is 0.750 bits per heavy atom. The Labute approximate surface area is 134 Å². The van der Waals surface area contributed by atoms with Crippen molar-refractivity contribution in [1.29, 1.82) is 0 Å². The lowest BCUT2D eigenvalue weighted by atomic mass is 9.97. The van der Waals surface area contributed by atoms with Crippen LogP contribution in [0.5, 0.6) is 5.75 Å². The summed E-state index contributed by atoms with van der Waals surface area (Å²) >= 11 is 0. The molecule has 0 aliphatic rings. The molecule has 0 bridgehead atoms. The van der Waals surface area contributed by atoms with Gasteiger partial charge in [-0.2, -0.15) is 0 Å². The van der Waals surface area contributed by atoms with Crippen LogP contribution in [0.4, 0.5) is 0 Å². The molecule has 0 atom stereocenters. The lowest BCUT2D eigenvalue weighted by molar-refractivity contribution is -0.120.